The average molecular weight is 444 g/mol. The van der Waals surface area contributed by atoms with Crippen LogP contribution in [0.2, 0.25) is 0 Å². The monoisotopic (exact) mass is 443 g/mol. The Morgan fingerprint density at radius 1 is 0.793 bits per heavy atom. The van der Waals surface area contributed by atoms with Gasteiger partial charge in [0.25, 0.3) is 0 Å². The molecule has 0 saturated heterocycles. The molecule has 5 aromatic rings. The first-order valence-electron chi connectivity index (χ1n) is 9.60. The van der Waals surface area contributed by atoms with E-state index in [-0.39, 0.29) is 17.0 Å². The second-order valence-electron chi connectivity index (χ2n) is 7.01. The van der Waals surface area contributed by atoms with Gasteiger partial charge in [-0.1, -0.05) is 36.4 Å². The van der Waals surface area contributed by atoms with Crippen LogP contribution in [0.25, 0.3) is 44.4 Å². The maximum absolute atomic E-state index is 8.19. The van der Waals surface area contributed by atoms with Crippen LogP contribution >= 0.6 is 17.0 Å². The Kier molecular flexibility index (Phi) is 5.12. The molecule has 0 unspecified atom stereocenters. The predicted octanol–water partition coefficient (Wildman–Crippen LogP) is 7.02. The van der Waals surface area contributed by atoms with Crippen molar-refractivity contribution in [2.45, 2.75) is 13.5 Å². The molecule has 1 N–H and O–H groups in total. The topological polar surface area (TPSA) is 32.6 Å². The van der Waals surface area contributed by atoms with E-state index in [0.717, 1.165) is 17.6 Å². The van der Waals surface area contributed by atoms with E-state index in [1.54, 1.807) is 0 Å². The number of fused-ring (bicyclic) bond motifs is 3. The van der Waals surface area contributed by atoms with Gasteiger partial charge in [0, 0.05) is 29.4 Å². The van der Waals surface area contributed by atoms with E-state index in [4.69, 9.17) is 5.73 Å². The number of nitrogens with zero attached hydrogens (tertiary/aromatic N) is 2. The Bertz CT molecular complexity index is 1290. The van der Waals surface area contributed by atoms with Gasteiger partial charge in [0.2, 0.25) is 11.2 Å². The third-order valence-electron chi connectivity index (χ3n) is 5.37. The molecule has 4 heteroatoms. The van der Waals surface area contributed by atoms with Crippen LogP contribution in [-0.4, -0.2) is 4.57 Å². The molecule has 2 heterocycles. The van der Waals surface area contributed by atoms with Gasteiger partial charge in [0.05, 0.1) is 16.5 Å². The number of hydrogen-bond acceptors (Lipinski definition) is 0. The molecule has 0 aliphatic carbocycles. The smallest absolute Gasteiger partial charge is 0.220 e. The zero-order valence-corrected chi connectivity index (χ0v) is 17.9. The van der Waals surface area contributed by atoms with Crippen LogP contribution in [0.4, 0.5) is 5.69 Å². The molecule has 5 rings (SSSR count). The minimum atomic E-state index is 0. The number of halogens is 1. The summed E-state index contributed by atoms with van der Waals surface area (Å²) < 4.78 is 4.51. The molecule has 144 valence electrons. The summed E-state index contributed by atoms with van der Waals surface area (Å²) in [6, 6.07) is 27.2. The Morgan fingerprint density at radius 3 is 2.24 bits per heavy atom. The van der Waals surface area contributed by atoms with Gasteiger partial charge in [-0.25, -0.2) is 0 Å². The molecular weight excluding hydrogens is 422 g/mol. The van der Waals surface area contributed by atoms with E-state index in [1.165, 1.54) is 27.5 Å². The molecule has 0 saturated carbocycles. The first-order valence-corrected chi connectivity index (χ1v) is 9.60. The third kappa shape index (κ3) is 3.19. The number of pyridine rings is 1. The summed E-state index contributed by atoms with van der Waals surface area (Å²) in [5.74, 6) is 0. The maximum atomic E-state index is 8.19. The van der Waals surface area contributed by atoms with Gasteiger partial charge in [-0.05, 0) is 43.3 Å². The Balaban J connectivity index is 0.00000205. The molecule has 0 aliphatic heterocycles. The number of rotatable bonds is 3. The number of aryl methyl sites for hydroxylation is 1. The fourth-order valence-electron chi connectivity index (χ4n) is 4.12. The fraction of sp³-hybridized carbons (Fsp3) is 0.0800. The zero-order chi connectivity index (χ0) is 19.1. The van der Waals surface area contributed by atoms with E-state index < -0.39 is 0 Å². The molecule has 29 heavy (non-hydrogen) atoms. The third-order valence-corrected chi connectivity index (χ3v) is 5.37. The van der Waals surface area contributed by atoms with Crippen LogP contribution in [0.3, 0.4) is 0 Å². The second kappa shape index (κ2) is 7.72. The van der Waals surface area contributed by atoms with Crippen molar-refractivity contribution in [3.63, 3.8) is 0 Å². The maximum Gasteiger partial charge on any atom is 0.220 e. The van der Waals surface area contributed by atoms with Crippen LogP contribution in [0.15, 0.2) is 91.3 Å². The molecule has 0 aliphatic rings. The fourth-order valence-corrected chi connectivity index (χ4v) is 4.12. The van der Waals surface area contributed by atoms with Crippen molar-refractivity contribution in [2.75, 3.05) is 0 Å². The molecule has 2 aromatic heterocycles. The Morgan fingerprint density at radius 2 is 1.52 bits per heavy atom. The van der Waals surface area contributed by atoms with Crippen molar-refractivity contribution in [1.82, 2.24) is 4.57 Å². The van der Waals surface area contributed by atoms with Gasteiger partial charge in [0.15, 0.2) is 0 Å². The second-order valence-corrected chi connectivity index (χ2v) is 7.01. The quantitative estimate of drug-likeness (QED) is 0.212. The van der Waals surface area contributed by atoms with Gasteiger partial charge < -0.3 is 10.3 Å². The number of hydrogen-bond donors (Lipinski definition) is 0. The van der Waals surface area contributed by atoms with Crippen LogP contribution in [0.5, 0.6) is 0 Å². The van der Waals surface area contributed by atoms with Gasteiger partial charge >= 0.3 is 0 Å². The van der Waals surface area contributed by atoms with Crippen molar-refractivity contribution < 1.29 is 4.57 Å². The van der Waals surface area contributed by atoms with Crippen molar-refractivity contribution in [1.29, 1.82) is 0 Å². The molecule has 0 atom stereocenters. The summed E-state index contributed by atoms with van der Waals surface area (Å²) in [6.07, 6.45) is 4.14. The van der Waals surface area contributed by atoms with Gasteiger partial charge in [-0.3, -0.25) is 0 Å². The highest BCUT2D eigenvalue weighted by Gasteiger charge is 2.22. The molecule has 3 nitrogen and oxygen atoms in total. The highest BCUT2D eigenvalue weighted by Crippen LogP contribution is 2.34. The van der Waals surface area contributed by atoms with E-state index >= 15 is 0 Å². The van der Waals surface area contributed by atoms with E-state index in [2.05, 4.69) is 77.0 Å². The summed E-state index contributed by atoms with van der Waals surface area (Å²) in [6.45, 7) is 3.04. The first-order chi connectivity index (χ1) is 13.8. The highest BCUT2D eigenvalue weighted by molar-refractivity contribution is 8.93. The first kappa shape index (κ1) is 19.2. The summed E-state index contributed by atoms with van der Waals surface area (Å²) >= 11 is 0. The van der Waals surface area contributed by atoms with Crippen LogP contribution in [0.1, 0.15) is 6.92 Å². The average Bonchev–Trinajstić information content (AvgIpc) is 3.27. The molecule has 0 amide bonds. The molecule has 0 bridgehead atoms. The van der Waals surface area contributed by atoms with Gasteiger partial charge in [-0.15, -0.1) is 22.7 Å². The zero-order valence-electron chi connectivity index (χ0n) is 16.2. The number of nitrogens with one attached hydrogen (secondary N) is 1. The molecular formula is C25H22BrN3. The summed E-state index contributed by atoms with van der Waals surface area (Å²) in [7, 11) is 0. The SMILES string of the molecule is Br.CC[n+]1c(-c2ccccc2)c2cc([NH-])ccc2c2ccc(-n3cccc3)cc21. The van der Waals surface area contributed by atoms with Gasteiger partial charge in [-0.2, -0.15) is 4.57 Å². The Hall–Kier alpha value is -3.11. The van der Waals surface area contributed by atoms with Crippen molar-refractivity contribution in [3.8, 4) is 16.9 Å². The lowest BCUT2D eigenvalue weighted by Gasteiger charge is -2.14. The normalized spacial score (nSPS) is 10.9. The minimum Gasteiger partial charge on any atom is -0.699 e. The molecule has 0 fully saturated rings. The lowest BCUT2D eigenvalue weighted by Crippen LogP contribution is -2.36. The van der Waals surface area contributed by atoms with E-state index in [9.17, 15) is 0 Å². The van der Waals surface area contributed by atoms with Crippen molar-refractivity contribution in [3.05, 3.63) is 97.0 Å². The Labute approximate surface area is 180 Å². The van der Waals surface area contributed by atoms with Crippen LogP contribution in [-0.2, 0) is 6.54 Å². The van der Waals surface area contributed by atoms with E-state index in [0.29, 0.717) is 5.69 Å². The number of benzene rings is 3. The molecule has 0 radical (unpaired) electrons. The summed E-state index contributed by atoms with van der Waals surface area (Å²) in [4.78, 5) is 0. The van der Waals surface area contributed by atoms with Crippen LogP contribution < -0.4 is 4.57 Å². The highest BCUT2D eigenvalue weighted by atomic mass is 79.9. The molecule has 0 spiro atoms. The molecule has 3 aromatic carbocycles. The lowest BCUT2D eigenvalue weighted by molar-refractivity contribution is -0.655. The van der Waals surface area contributed by atoms with E-state index in [1.807, 2.05) is 30.3 Å². The van der Waals surface area contributed by atoms with Crippen molar-refractivity contribution >= 4 is 44.3 Å². The predicted molar refractivity (Wildman–Crippen MR) is 126 cm³/mol. The van der Waals surface area contributed by atoms with Crippen molar-refractivity contribution in [2.24, 2.45) is 0 Å². The number of aromatic nitrogens is 2. The summed E-state index contributed by atoms with van der Waals surface area (Å²) in [5.41, 5.74) is 13.4. The standard InChI is InChI=1S/C25H21N3.BrH/c1-2-28-24-17-20(27-14-6-7-15-27)11-13-22(24)21-12-10-19(26)16-23(21)25(28)18-8-4-3-5-9-18;/h3-17,26H,2H2,1H3;1H. The largest absolute Gasteiger partial charge is 0.699 e. The van der Waals surface area contributed by atoms with Crippen LogP contribution in [0, 0.1) is 0 Å². The lowest BCUT2D eigenvalue weighted by atomic mass is 9.98. The minimum absolute atomic E-state index is 0. The van der Waals surface area contributed by atoms with Gasteiger partial charge in [0.1, 0.15) is 6.54 Å². The summed E-state index contributed by atoms with van der Waals surface area (Å²) in [5, 5.41) is 3.53.